The van der Waals surface area contributed by atoms with Gasteiger partial charge in [-0.1, -0.05) is 41.4 Å². The van der Waals surface area contributed by atoms with E-state index in [4.69, 9.17) is 23.2 Å². The third-order valence-corrected chi connectivity index (χ3v) is 5.92. The first-order valence-corrected chi connectivity index (χ1v) is 8.85. The fraction of sp³-hybridized carbons (Fsp3) is 0.368. The van der Waals surface area contributed by atoms with Crippen LogP contribution in [0.4, 0.5) is 11.4 Å². The molecule has 0 bridgehead atoms. The molecule has 2 aromatic rings. The minimum Gasteiger partial charge on any atom is -0.339 e. The average molecular weight is 347 g/mol. The summed E-state index contributed by atoms with van der Waals surface area (Å²) in [5.41, 5.74) is 3.93. The molecule has 0 aromatic heterocycles. The number of benzene rings is 2. The van der Waals surface area contributed by atoms with E-state index >= 15 is 0 Å². The van der Waals surface area contributed by atoms with Crippen LogP contribution in [0.5, 0.6) is 0 Å². The van der Waals surface area contributed by atoms with Crippen molar-refractivity contribution in [1.29, 1.82) is 0 Å². The minimum atomic E-state index is 0.214. The van der Waals surface area contributed by atoms with Gasteiger partial charge in [-0.2, -0.15) is 0 Å². The molecular weight excluding hydrogens is 327 g/mol. The number of anilines is 2. The highest BCUT2D eigenvalue weighted by Crippen LogP contribution is 2.51. The van der Waals surface area contributed by atoms with E-state index in [0.29, 0.717) is 0 Å². The van der Waals surface area contributed by atoms with E-state index in [1.165, 1.54) is 24.1 Å². The third-order valence-electron chi connectivity index (χ3n) is 5.37. The normalized spacial score (nSPS) is 20.0. The summed E-state index contributed by atoms with van der Waals surface area (Å²) in [6, 6.07) is 14.4. The van der Waals surface area contributed by atoms with Crippen LogP contribution in [0.2, 0.25) is 10.0 Å². The van der Waals surface area contributed by atoms with Crippen molar-refractivity contribution in [3.63, 3.8) is 0 Å². The summed E-state index contributed by atoms with van der Waals surface area (Å²) in [5, 5.41) is 1.58. The summed E-state index contributed by atoms with van der Waals surface area (Å²) in [6.45, 7) is 3.26. The molecule has 0 amide bonds. The van der Waals surface area contributed by atoms with Gasteiger partial charge in [-0.05, 0) is 62.8 Å². The van der Waals surface area contributed by atoms with Crippen LogP contribution in [0.3, 0.4) is 0 Å². The van der Waals surface area contributed by atoms with Crippen LogP contribution >= 0.6 is 23.2 Å². The van der Waals surface area contributed by atoms with Gasteiger partial charge < -0.3 is 9.80 Å². The summed E-state index contributed by atoms with van der Waals surface area (Å²) in [5.74, 6) is 0. The Labute approximate surface area is 147 Å². The summed E-state index contributed by atoms with van der Waals surface area (Å²) in [6.07, 6.45) is 2.36. The minimum absolute atomic E-state index is 0.214. The smallest absolute Gasteiger partial charge is 0.0643 e. The molecule has 1 saturated heterocycles. The van der Waals surface area contributed by atoms with Crippen LogP contribution in [-0.2, 0) is 5.41 Å². The fourth-order valence-corrected chi connectivity index (χ4v) is 4.41. The van der Waals surface area contributed by atoms with Gasteiger partial charge in [0.25, 0.3) is 0 Å². The van der Waals surface area contributed by atoms with Crippen molar-refractivity contribution >= 4 is 34.6 Å². The van der Waals surface area contributed by atoms with E-state index in [2.05, 4.69) is 35.0 Å². The zero-order valence-electron chi connectivity index (χ0n) is 13.2. The van der Waals surface area contributed by atoms with Crippen molar-refractivity contribution in [2.75, 3.05) is 31.6 Å². The molecule has 120 valence electrons. The molecule has 2 aliphatic heterocycles. The van der Waals surface area contributed by atoms with Crippen LogP contribution in [-0.4, -0.2) is 31.6 Å². The van der Waals surface area contributed by atoms with Crippen LogP contribution in [0.15, 0.2) is 42.5 Å². The van der Waals surface area contributed by atoms with Gasteiger partial charge in [0, 0.05) is 22.7 Å². The fourth-order valence-electron chi connectivity index (χ4n) is 4.01. The lowest BCUT2D eigenvalue weighted by Crippen LogP contribution is -2.43. The first-order chi connectivity index (χ1) is 11.1. The van der Waals surface area contributed by atoms with Crippen molar-refractivity contribution in [2.24, 2.45) is 0 Å². The molecule has 4 heteroatoms. The number of hydrogen-bond donors (Lipinski definition) is 0. The highest BCUT2D eigenvalue weighted by Gasteiger charge is 2.44. The van der Waals surface area contributed by atoms with E-state index in [0.717, 1.165) is 35.4 Å². The Bertz CT molecular complexity index is 736. The van der Waals surface area contributed by atoms with Crippen LogP contribution in [0.1, 0.15) is 18.4 Å². The zero-order valence-corrected chi connectivity index (χ0v) is 14.7. The maximum Gasteiger partial charge on any atom is 0.0643 e. The first-order valence-electron chi connectivity index (χ1n) is 8.10. The number of rotatable bonds is 1. The van der Waals surface area contributed by atoms with E-state index in [1.807, 2.05) is 24.3 Å². The summed E-state index contributed by atoms with van der Waals surface area (Å²) in [7, 11) is 2.20. The van der Waals surface area contributed by atoms with E-state index in [-0.39, 0.29) is 5.41 Å². The monoisotopic (exact) mass is 346 g/mol. The largest absolute Gasteiger partial charge is 0.339 e. The molecule has 1 spiro atoms. The van der Waals surface area contributed by atoms with Gasteiger partial charge in [0.15, 0.2) is 0 Å². The number of fused-ring (bicyclic) bond motifs is 2. The van der Waals surface area contributed by atoms with Crippen LogP contribution in [0.25, 0.3) is 0 Å². The number of likely N-dealkylation sites (tertiary alicyclic amines) is 1. The Balaban J connectivity index is 1.82. The topological polar surface area (TPSA) is 6.48 Å². The molecule has 0 N–H and O–H groups in total. The SMILES string of the molecule is CN1CCC2(CC1)CN(c1ccccc1Cl)c1cc(Cl)ccc12. The number of piperidine rings is 1. The predicted octanol–water partition coefficient (Wildman–Crippen LogP) is 5.11. The Hall–Kier alpha value is -1.22. The van der Waals surface area contributed by atoms with Gasteiger partial charge in [0.1, 0.15) is 0 Å². The molecule has 23 heavy (non-hydrogen) atoms. The first kappa shape index (κ1) is 15.3. The van der Waals surface area contributed by atoms with Gasteiger partial charge >= 0.3 is 0 Å². The zero-order chi connectivity index (χ0) is 16.0. The molecule has 1 fully saturated rings. The molecule has 0 atom stereocenters. The Morgan fingerprint density at radius 2 is 1.70 bits per heavy atom. The molecule has 0 unspecified atom stereocenters. The van der Waals surface area contributed by atoms with Gasteiger partial charge in [-0.25, -0.2) is 0 Å². The number of hydrogen-bond acceptors (Lipinski definition) is 2. The lowest BCUT2D eigenvalue weighted by molar-refractivity contribution is 0.198. The molecule has 2 nitrogen and oxygen atoms in total. The second-order valence-electron chi connectivity index (χ2n) is 6.78. The highest BCUT2D eigenvalue weighted by molar-refractivity contribution is 6.33. The number of nitrogens with zero attached hydrogens (tertiary/aromatic N) is 2. The predicted molar refractivity (Wildman–Crippen MR) is 98.3 cm³/mol. The summed E-state index contributed by atoms with van der Waals surface area (Å²) in [4.78, 5) is 4.77. The molecule has 0 aliphatic carbocycles. The van der Waals surface area contributed by atoms with E-state index in [1.54, 1.807) is 0 Å². The van der Waals surface area contributed by atoms with E-state index < -0.39 is 0 Å². The quantitative estimate of drug-likeness (QED) is 0.707. The van der Waals surface area contributed by atoms with Crippen LogP contribution in [0, 0.1) is 0 Å². The Kier molecular flexibility index (Phi) is 3.79. The average Bonchev–Trinajstić information content (AvgIpc) is 2.85. The van der Waals surface area contributed by atoms with Crippen molar-refractivity contribution in [1.82, 2.24) is 4.90 Å². The molecule has 2 aromatic carbocycles. The van der Waals surface area contributed by atoms with E-state index in [9.17, 15) is 0 Å². The Morgan fingerprint density at radius 3 is 2.43 bits per heavy atom. The number of halogens is 2. The van der Waals surface area contributed by atoms with Gasteiger partial charge in [-0.15, -0.1) is 0 Å². The molecule has 2 heterocycles. The van der Waals surface area contributed by atoms with Crippen molar-refractivity contribution in [2.45, 2.75) is 18.3 Å². The van der Waals surface area contributed by atoms with Gasteiger partial charge in [-0.3, -0.25) is 0 Å². The molecule has 4 rings (SSSR count). The lowest BCUT2D eigenvalue weighted by atomic mass is 9.74. The summed E-state index contributed by atoms with van der Waals surface area (Å²) >= 11 is 12.8. The highest BCUT2D eigenvalue weighted by atomic mass is 35.5. The maximum atomic E-state index is 6.48. The maximum absolute atomic E-state index is 6.48. The van der Waals surface area contributed by atoms with Gasteiger partial charge in [0.05, 0.1) is 10.7 Å². The third kappa shape index (κ3) is 2.53. The Morgan fingerprint density at radius 1 is 0.957 bits per heavy atom. The second kappa shape index (κ2) is 5.70. The second-order valence-corrected chi connectivity index (χ2v) is 7.63. The lowest BCUT2D eigenvalue weighted by Gasteiger charge is -2.38. The standard InChI is InChI=1S/C19H20Cl2N2/c1-22-10-8-19(9-11-22)13-23(17-5-3-2-4-16(17)21)18-12-14(20)6-7-15(18)19/h2-7,12H,8-11,13H2,1H3. The molecular formula is C19H20Cl2N2. The van der Waals surface area contributed by atoms with Gasteiger partial charge in [0.2, 0.25) is 0 Å². The van der Waals surface area contributed by atoms with Crippen molar-refractivity contribution in [3.8, 4) is 0 Å². The number of para-hydroxylation sites is 1. The summed E-state index contributed by atoms with van der Waals surface area (Å²) < 4.78 is 0. The molecule has 0 radical (unpaired) electrons. The van der Waals surface area contributed by atoms with Crippen molar-refractivity contribution in [3.05, 3.63) is 58.1 Å². The molecule has 2 aliphatic rings. The van der Waals surface area contributed by atoms with Crippen LogP contribution < -0.4 is 4.90 Å². The molecule has 0 saturated carbocycles. The van der Waals surface area contributed by atoms with Crippen molar-refractivity contribution < 1.29 is 0 Å².